The van der Waals surface area contributed by atoms with E-state index in [9.17, 15) is 0 Å². The molecule has 2 rings (SSSR count). The molecule has 0 amide bonds. The standard InChI is InChI=1S/C9H10N/c1-8-5-6-9-4-2-3-7-10(8)9/h2-8H,1H3/q+1. The fraction of sp³-hybridized carbons (Fsp3) is 0.222. The Morgan fingerprint density at radius 2 is 2.30 bits per heavy atom. The van der Waals surface area contributed by atoms with Crippen LogP contribution in [0.4, 0.5) is 0 Å². The molecule has 10 heavy (non-hydrogen) atoms. The maximum Gasteiger partial charge on any atom is 0.205 e. The van der Waals surface area contributed by atoms with E-state index >= 15 is 0 Å². The third-order valence-electron chi connectivity index (χ3n) is 1.91. The van der Waals surface area contributed by atoms with Crippen LogP contribution in [0.25, 0.3) is 6.08 Å². The van der Waals surface area contributed by atoms with Crippen LogP contribution in [0.5, 0.6) is 0 Å². The van der Waals surface area contributed by atoms with Gasteiger partial charge in [-0.1, -0.05) is 0 Å². The Labute approximate surface area is 60.6 Å². The molecule has 0 saturated carbocycles. The molecule has 1 aromatic heterocycles. The van der Waals surface area contributed by atoms with E-state index in [0.717, 1.165) is 0 Å². The van der Waals surface area contributed by atoms with Gasteiger partial charge in [-0.3, -0.25) is 0 Å². The maximum absolute atomic E-state index is 2.25. The van der Waals surface area contributed by atoms with Gasteiger partial charge in [-0.2, -0.15) is 4.57 Å². The summed E-state index contributed by atoms with van der Waals surface area (Å²) in [6.45, 7) is 2.19. The average Bonchev–Trinajstić information content (AvgIpc) is 2.34. The van der Waals surface area contributed by atoms with Crippen molar-refractivity contribution in [1.82, 2.24) is 0 Å². The maximum atomic E-state index is 2.25. The first kappa shape index (κ1) is 5.66. The minimum atomic E-state index is 0.538. The molecule has 1 aromatic rings. The van der Waals surface area contributed by atoms with Crippen LogP contribution in [0.15, 0.2) is 30.5 Å². The Bertz CT molecular complexity index is 276. The van der Waals surface area contributed by atoms with Crippen molar-refractivity contribution in [2.75, 3.05) is 0 Å². The van der Waals surface area contributed by atoms with Crippen LogP contribution in [0.3, 0.4) is 0 Å². The van der Waals surface area contributed by atoms with E-state index in [0.29, 0.717) is 6.04 Å². The van der Waals surface area contributed by atoms with Gasteiger partial charge in [0.1, 0.15) is 0 Å². The van der Waals surface area contributed by atoms with Crippen molar-refractivity contribution in [2.24, 2.45) is 0 Å². The van der Waals surface area contributed by atoms with Crippen molar-refractivity contribution in [2.45, 2.75) is 13.0 Å². The normalized spacial score (nSPS) is 21.1. The summed E-state index contributed by atoms with van der Waals surface area (Å²) >= 11 is 0. The van der Waals surface area contributed by atoms with Crippen molar-refractivity contribution in [1.29, 1.82) is 0 Å². The van der Waals surface area contributed by atoms with Crippen LogP contribution in [0.1, 0.15) is 18.7 Å². The van der Waals surface area contributed by atoms with E-state index < -0.39 is 0 Å². The van der Waals surface area contributed by atoms with Crippen molar-refractivity contribution >= 4 is 6.08 Å². The van der Waals surface area contributed by atoms with E-state index in [4.69, 9.17) is 0 Å². The Kier molecular flexibility index (Phi) is 1.10. The zero-order valence-corrected chi connectivity index (χ0v) is 5.99. The van der Waals surface area contributed by atoms with Gasteiger partial charge in [-0.05, 0) is 12.1 Å². The largest absolute Gasteiger partial charge is 0.205 e. The van der Waals surface area contributed by atoms with Crippen LogP contribution in [0, 0.1) is 0 Å². The predicted molar refractivity (Wildman–Crippen MR) is 40.4 cm³/mol. The Morgan fingerprint density at radius 1 is 1.40 bits per heavy atom. The lowest BCUT2D eigenvalue weighted by Crippen LogP contribution is -2.35. The summed E-state index contributed by atoms with van der Waals surface area (Å²) in [6, 6.07) is 6.79. The molecule has 1 nitrogen and oxygen atoms in total. The zero-order chi connectivity index (χ0) is 6.97. The molecule has 1 aliphatic heterocycles. The Hall–Kier alpha value is -1.11. The molecule has 1 unspecified atom stereocenters. The molecule has 1 heteroatoms. The average molecular weight is 132 g/mol. The highest BCUT2D eigenvalue weighted by atomic mass is 15.0. The summed E-state index contributed by atoms with van der Waals surface area (Å²) in [4.78, 5) is 0. The second-order valence-corrected chi connectivity index (χ2v) is 2.63. The number of allylic oxidation sites excluding steroid dienone is 1. The highest BCUT2D eigenvalue weighted by molar-refractivity contribution is 5.43. The number of hydrogen-bond acceptors (Lipinski definition) is 0. The third kappa shape index (κ3) is 0.670. The topological polar surface area (TPSA) is 3.88 Å². The smallest absolute Gasteiger partial charge is 0.193 e. The lowest BCUT2D eigenvalue weighted by Gasteiger charge is -1.95. The van der Waals surface area contributed by atoms with E-state index in [-0.39, 0.29) is 0 Å². The van der Waals surface area contributed by atoms with Crippen molar-refractivity contribution in [3.8, 4) is 0 Å². The summed E-state index contributed by atoms with van der Waals surface area (Å²) in [5.74, 6) is 0. The molecule has 1 aliphatic rings. The van der Waals surface area contributed by atoms with Crippen LogP contribution >= 0.6 is 0 Å². The van der Waals surface area contributed by atoms with Gasteiger partial charge in [0.15, 0.2) is 12.2 Å². The number of nitrogens with zero attached hydrogens (tertiary/aromatic N) is 1. The van der Waals surface area contributed by atoms with E-state index in [2.05, 4.69) is 48.0 Å². The summed E-state index contributed by atoms with van der Waals surface area (Å²) in [7, 11) is 0. The Balaban J connectivity index is 2.59. The van der Waals surface area contributed by atoms with Gasteiger partial charge in [-0.25, -0.2) is 0 Å². The molecule has 0 N–H and O–H groups in total. The van der Waals surface area contributed by atoms with Gasteiger partial charge in [0.05, 0.1) is 0 Å². The van der Waals surface area contributed by atoms with Gasteiger partial charge in [-0.15, -0.1) is 0 Å². The molecule has 50 valence electrons. The zero-order valence-electron chi connectivity index (χ0n) is 5.99. The SMILES string of the molecule is CC1C=Cc2cccc[n+]21. The van der Waals surface area contributed by atoms with E-state index in [1.165, 1.54) is 5.69 Å². The number of rotatable bonds is 0. The predicted octanol–water partition coefficient (Wildman–Crippen LogP) is 1.56. The fourth-order valence-corrected chi connectivity index (χ4v) is 1.31. The first-order valence-electron chi connectivity index (χ1n) is 3.56. The molecular weight excluding hydrogens is 122 g/mol. The minimum absolute atomic E-state index is 0.538. The second-order valence-electron chi connectivity index (χ2n) is 2.63. The van der Waals surface area contributed by atoms with Crippen molar-refractivity contribution in [3.05, 3.63) is 36.2 Å². The lowest BCUT2D eigenvalue weighted by atomic mass is 10.3. The van der Waals surface area contributed by atoms with Crippen LogP contribution in [0.2, 0.25) is 0 Å². The molecule has 0 spiro atoms. The molecular formula is C9H10N+. The first-order valence-corrected chi connectivity index (χ1v) is 3.56. The van der Waals surface area contributed by atoms with Crippen LogP contribution < -0.4 is 4.57 Å². The summed E-state index contributed by atoms with van der Waals surface area (Å²) in [6.07, 6.45) is 6.47. The summed E-state index contributed by atoms with van der Waals surface area (Å²) in [5, 5.41) is 0. The van der Waals surface area contributed by atoms with Crippen molar-refractivity contribution < 1.29 is 4.57 Å². The summed E-state index contributed by atoms with van der Waals surface area (Å²) in [5.41, 5.74) is 1.30. The molecule has 0 aliphatic carbocycles. The molecule has 0 bridgehead atoms. The molecule has 2 heterocycles. The van der Waals surface area contributed by atoms with Gasteiger partial charge in [0, 0.05) is 25.1 Å². The third-order valence-corrected chi connectivity index (χ3v) is 1.91. The molecule has 0 aromatic carbocycles. The lowest BCUT2D eigenvalue weighted by molar-refractivity contribution is -0.706. The molecule has 0 fully saturated rings. The van der Waals surface area contributed by atoms with E-state index in [1.54, 1.807) is 0 Å². The van der Waals surface area contributed by atoms with Crippen LogP contribution in [-0.4, -0.2) is 0 Å². The summed E-state index contributed by atoms with van der Waals surface area (Å²) < 4.78 is 2.25. The van der Waals surface area contributed by atoms with E-state index in [1.807, 2.05) is 0 Å². The number of fused-ring (bicyclic) bond motifs is 1. The van der Waals surface area contributed by atoms with Gasteiger partial charge >= 0.3 is 0 Å². The monoisotopic (exact) mass is 132 g/mol. The van der Waals surface area contributed by atoms with Crippen LogP contribution in [-0.2, 0) is 0 Å². The van der Waals surface area contributed by atoms with Gasteiger partial charge < -0.3 is 0 Å². The quantitative estimate of drug-likeness (QED) is 0.472. The number of pyridine rings is 1. The van der Waals surface area contributed by atoms with Gasteiger partial charge in [0.25, 0.3) is 0 Å². The molecule has 0 saturated heterocycles. The number of aromatic nitrogens is 1. The second kappa shape index (κ2) is 1.94. The van der Waals surface area contributed by atoms with Gasteiger partial charge in [0.2, 0.25) is 5.69 Å². The highest BCUT2D eigenvalue weighted by Gasteiger charge is 2.18. The number of hydrogen-bond donors (Lipinski definition) is 0. The minimum Gasteiger partial charge on any atom is -0.193 e. The van der Waals surface area contributed by atoms with Crippen molar-refractivity contribution in [3.63, 3.8) is 0 Å². The Morgan fingerprint density at radius 3 is 3.10 bits per heavy atom. The fourth-order valence-electron chi connectivity index (χ4n) is 1.31. The first-order chi connectivity index (χ1) is 4.88. The molecule has 1 atom stereocenters. The highest BCUT2D eigenvalue weighted by Crippen LogP contribution is 2.10. The molecule has 0 radical (unpaired) electrons.